The van der Waals surface area contributed by atoms with Crippen LogP contribution in [0.25, 0.3) is 11.0 Å². The second kappa shape index (κ2) is 12.1. The molecule has 0 amide bonds. The molecule has 4 rings (SSSR count). The Balaban J connectivity index is 0.000000422. The van der Waals surface area contributed by atoms with Crippen LogP contribution in [0.2, 0.25) is 0 Å². The number of hydrogen-bond acceptors (Lipinski definition) is 2. The van der Waals surface area contributed by atoms with Crippen molar-refractivity contribution in [3.63, 3.8) is 0 Å². The number of hydrogen-bond donors (Lipinski definition) is 0. The fraction of sp³-hybridized carbons (Fsp3) is 0.125. The summed E-state index contributed by atoms with van der Waals surface area (Å²) in [5.74, 6) is 0. The Labute approximate surface area is 174 Å². The molecule has 3 aliphatic rings. The molecule has 0 saturated carbocycles. The number of thioether (sulfide) groups is 1. The van der Waals surface area contributed by atoms with Gasteiger partial charge in [0.25, 0.3) is 0 Å². The fourth-order valence-corrected chi connectivity index (χ4v) is 3.88. The summed E-state index contributed by atoms with van der Waals surface area (Å²) in [6.45, 7) is 0. The molecule has 1 aromatic rings. The topological polar surface area (TPSA) is 0 Å². The van der Waals surface area contributed by atoms with Crippen molar-refractivity contribution in [2.75, 3.05) is 0 Å². The molecule has 0 fully saturated rings. The fourth-order valence-electron chi connectivity index (χ4n) is 2.03. The van der Waals surface area contributed by atoms with Crippen molar-refractivity contribution in [3.8, 4) is 0 Å². The number of rotatable bonds is 0. The molecule has 2 aliphatic carbocycles. The Bertz CT molecular complexity index is 688. The molecule has 1 aromatic carbocycles. The van der Waals surface area contributed by atoms with Gasteiger partial charge in [-0.2, -0.15) is 6.08 Å². The third kappa shape index (κ3) is 5.96. The Kier molecular flexibility index (Phi) is 12.5. The summed E-state index contributed by atoms with van der Waals surface area (Å²) in [6, 6.07) is 9.42. The molecule has 0 radical (unpaired) electrons. The molecule has 22 heavy (non-hydrogen) atoms. The van der Waals surface area contributed by atoms with Crippen LogP contribution in [0.15, 0.2) is 48.1 Å². The summed E-state index contributed by atoms with van der Waals surface area (Å²) < 4.78 is 0.446. The van der Waals surface area contributed by atoms with Crippen LogP contribution in [-0.4, -0.2) is 4.16 Å². The molecule has 1 heterocycles. The van der Waals surface area contributed by atoms with Gasteiger partial charge in [0.15, 0.2) is 0 Å². The van der Waals surface area contributed by atoms with E-state index in [1.54, 1.807) is 0 Å². The Morgan fingerprint density at radius 3 is 2.68 bits per heavy atom. The van der Waals surface area contributed by atoms with Gasteiger partial charge in [0, 0.05) is 0 Å². The minimum absolute atomic E-state index is 0. The van der Waals surface area contributed by atoms with Crippen LogP contribution in [0.4, 0.5) is 0 Å². The first-order chi connectivity index (χ1) is 9.84. The van der Waals surface area contributed by atoms with Gasteiger partial charge in [-0.1, -0.05) is 32.8 Å². The van der Waals surface area contributed by atoms with E-state index >= 15 is 0 Å². The summed E-state index contributed by atoms with van der Waals surface area (Å²) in [7, 11) is 4.17. The van der Waals surface area contributed by atoms with Crippen molar-refractivity contribution in [1.29, 1.82) is 0 Å². The van der Waals surface area contributed by atoms with Crippen LogP contribution in [0.1, 0.15) is 6.42 Å². The molecule has 6 heteroatoms. The van der Waals surface area contributed by atoms with Crippen LogP contribution in [-0.2, 0) is 22.7 Å². The maximum atomic E-state index is 4.17. The summed E-state index contributed by atoms with van der Waals surface area (Å²) in [4.78, 5) is 1.40. The van der Waals surface area contributed by atoms with Crippen LogP contribution in [0.3, 0.4) is 0 Å². The van der Waals surface area contributed by atoms with Gasteiger partial charge < -0.3 is 24.8 Å². The molecule has 1 atom stereocenters. The monoisotopic (exact) mass is 506 g/mol. The van der Waals surface area contributed by atoms with Crippen molar-refractivity contribution in [3.05, 3.63) is 70.7 Å². The quantitative estimate of drug-likeness (QED) is 0.286. The van der Waals surface area contributed by atoms with Crippen molar-refractivity contribution in [1.82, 2.24) is 0 Å². The zero-order chi connectivity index (χ0) is 14.4. The molecule has 114 valence electrons. The molecule has 0 saturated heterocycles. The van der Waals surface area contributed by atoms with Crippen molar-refractivity contribution in [2.24, 2.45) is 0 Å². The molecule has 0 N–H and O–H groups in total. The van der Waals surface area contributed by atoms with Gasteiger partial charge in [-0.25, -0.2) is 12.2 Å². The molecule has 1 aliphatic heterocycles. The van der Waals surface area contributed by atoms with Crippen LogP contribution in [0.5, 0.6) is 0 Å². The second-order valence-corrected chi connectivity index (χ2v) is 6.81. The van der Waals surface area contributed by atoms with E-state index in [2.05, 4.69) is 61.2 Å². The first-order valence-corrected chi connectivity index (χ1v) is 11.2. The van der Waals surface area contributed by atoms with Crippen molar-refractivity contribution >= 4 is 47.5 Å². The van der Waals surface area contributed by atoms with E-state index in [-0.39, 0.29) is 24.8 Å². The maximum absolute atomic E-state index is 4.17. The molecular formula is C16H11BrCl2S2Zr-2. The summed E-state index contributed by atoms with van der Waals surface area (Å²) in [6.07, 6.45) is 14.5. The minimum atomic E-state index is 0. The number of halogens is 3. The van der Waals surface area contributed by atoms with E-state index < -0.39 is 0 Å². The van der Waals surface area contributed by atoms with Gasteiger partial charge in [0.1, 0.15) is 0 Å². The first kappa shape index (κ1) is 22.7. The molecule has 1 unspecified atom stereocenters. The molecular weight excluding hydrogens is 498 g/mol. The van der Waals surface area contributed by atoms with E-state index in [9.17, 15) is 0 Å². The number of fused-ring (bicyclic) bond motifs is 2. The van der Waals surface area contributed by atoms with E-state index in [0.717, 1.165) is 29.1 Å². The first-order valence-electron chi connectivity index (χ1n) is 6.02. The predicted octanol–water partition coefficient (Wildman–Crippen LogP) is -2.26. The zero-order valence-corrected chi connectivity index (χ0v) is 18.5. The van der Waals surface area contributed by atoms with Gasteiger partial charge in [-0.3, -0.25) is 6.08 Å². The Hall–Kier alpha value is 0.693. The van der Waals surface area contributed by atoms with E-state index in [1.165, 1.54) is 20.9 Å². The van der Waals surface area contributed by atoms with Crippen LogP contribution < -0.4 is 35.3 Å². The summed E-state index contributed by atoms with van der Waals surface area (Å²) in [5, 5.41) is 2.57. The average Bonchev–Trinajstić information content (AvgIpc) is 3.18. The van der Waals surface area contributed by atoms with E-state index in [0.29, 0.717) is 4.16 Å². The summed E-state index contributed by atoms with van der Waals surface area (Å²) in [5.41, 5.74) is 1.35. The van der Waals surface area contributed by atoms with Gasteiger partial charge >= 0.3 is 31.5 Å². The standard InChI is InChI=1S/C11H6BrS.C5H5.2ClH.S.Zr/c12-10-6-8-5-7-3-1-2-4-9(7)11(8)13-10;1-2-4-5-3-1;;;;/h1-2,4-6,10H;1-3H,4H2;2*1H;;/q2*-1;;;;+2/p-2. The Morgan fingerprint density at radius 2 is 2.09 bits per heavy atom. The molecule has 0 aromatic heterocycles. The number of benzene rings is 1. The second-order valence-electron chi connectivity index (χ2n) is 4.07. The third-order valence-corrected chi connectivity index (χ3v) is 4.70. The van der Waals surface area contributed by atoms with Crippen molar-refractivity contribution < 1.29 is 47.5 Å². The number of alkyl halides is 1. The summed E-state index contributed by atoms with van der Waals surface area (Å²) >= 11 is 6.58. The van der Waals surface area contributed by atoms with E-state index in [4.69, 9.17) is 0 Å². The predicted molar refractivity (Wildman–Crippen MR) is 90.0 cm³/mol. The van der Waals surface area contributed by atoms with Crippen LogP contribution >= 0.6 is 36.5 Å². The van der Waals surface area contributed by atoms with Crippen molar-refractivity contribution in [2.45, 2.75) is 10.6 Å². The molecule has 0 nitrogen and oxygen atoms in total. The number of allylic oxidation sites excluding steroid dienone is 4. The molecule has 0 bridgehead atoms. The normalized spacial score (nSPS) is 18.2. The SMILES string of the molecule is BrC1C=C2C=c3[c-]cccc3=C2S1.[C-]1=CC=CC1.[Cl-].[Cl-].[S]=[Zr+2]. The Morgan fingerprint density at radius 1 is 1.32 bits per heavy atom. The van der Waals surface area contributed by atoms with Gasteiger partial charge in [0.2, 0.25) is 0 Å². The van der Waals surface area contributed by atoms with Gasteiger partial charge in [-0.15, -0.1) is 53.7 Å². The average molecular weight is 509 g/mol. The third-order valence-electron chi connectivity index (χ3n) is 2.82. The van der Waals surface area contributed by atoms with E-state index in [1.807, 2.05) is 36.0 Å². The van der Waals surface area contributed by atoms with Gasteiger partial charge in [0.05, 0.1) is 4.16 Å². The molecule has 0 spiro atoms. The van der Waals surface area contributed by atoms with Crippen LogP contribution in [0, 0.1) is 12.1 Å². The van der Waals surface area contributed by atoms with Gasteiger partial charge in [-0.05, 0) is 4.91 Å². The zero-order valence-electron chi connectivity index (χ0n) is 11.4.